The van der Waals surface area contributed by atoms with Crippen LogP contribution in [0.1, 0.15) is 24.8 Å². The number of fused-ring (bicyclic) bond motifs is 2. The summed E-state index contributed by atoms with van der Waals surface area (Å²) in [6.45, 7) is 2.81. The van der Waals surface area contributed by atoms with Crippen LogP contribution in [0.4, 0.5) is 5.69 Å². The van der Waals surface area contributed by atoms with Gasteiger partial charge in [-0.1, -0.05) is 35.5 Å². The van der Waals surface area contributed by atoms with E-state index in [-0.39, 0.29) is 5.91 Å². The highest BCUT2D eigenvalue weighted by Crippen LogP contribution is 2.38. The van der Waals surface area contributed by atoms with Crippen LogP contribution in [0.2, 0.25) is 0 Å². The number of hydrogen-bond donors (Lipinski definition) is 2. The number of nitrogens with one attached hydrogen (secondary N) is 2. The first-order valence-corrected chi connectivity index (χ1v) is 12.0. The maximum absolute atomic E-state index is 12.6. The molecule has 3 heterocycles. The number of nitrogens with zero attached hydrogens (tertiary/aromatic N) is 3. The van der Waals surface area contributed by atoms with Crippen LogP contribution in [-0.4, -0.2) is 39.8 Å². The molecule has 0 saturated carbocycles. The molecular formula is C27H27N5O3. The lowest BCUT2D eigenvalue weighted by atomic mass is 9.99. The van der Waals surface area contributed by atoms with Gasteiger partial charge >= 0.3 is 0 Å². The highest BCUT2D eigenvalue weighted by atomic mass is 16.7. The van der Waals surface area contributed by atoms with Gasteiger partial charge in [0.05, 0.1) is 18.7 Å². The zero-order valence-electron chi connectivity index (χ0n) is 19.4. The van der Waals surface area contributed by atoms with Gasteiger partial charge in [-0.2, -0.15) is 0 Å². The van der Waals surface area contributed by atoms with E-state index in [0.29, 0.717) is 19.6 Å². The number of aromatic nitrogens is 3. The van der Waals surface area contributed by atoms with Crippen LogP contribution in [0.15, 0.2) is 66.7 Å². The van der Waals surface area contributed by atoms with Crippen molar-refractivity contribution in [2.24, 2.45) is 0 Å². The zero-order valence-corrected chi connectivity index (χ0v) is 19.4. The highest BCUT2D eigenvalue weighted by molar-refractivity contribution is 5.91. The third-order valence-electron chi connectivity index (χ3n) is 6.66. The minimum atomic E-state index is -0.498. The normalized spacial score (nSPS) is 16.6. The van der Waals surface area contributed by atoms with Gasteiger partial charge in [0.15, 0.2) is 0 Å². The Balaban J connectivity index is 1.12. The standard InChI is InChI=1S/C27H27N5O3/c33-26(10-15-32-24-7-2-1-6-23(24)30-31-32)29-22-5-3-4-19(17-22)20-8-9-25-21(16-20)18-34-27(35-25)11-13-28-14-12-27/h1-9,16-17,28H,10-15,18H2,(H,29,33). The Kier molecular flexibility index (Phi) is 5.67. The monoisotopic (exact) mass is 469 g/mol. The third-order valence-corrected chi connectivity index (χ3v) is 6.66. The Bertz CT molecular complexity index is 1380. The fourth-order valence-corrected chi connectivity index (χ4v) is 4.75. The smallest absolute Gasteiger partial charge is 0.226 e. The number of piperidine rings is 1. The SMILES string of the molecule is O=C(CCn1nnc2ccccc21)Nc1cccc(-c2ccc3c(c2)COC2(CCNCC2)O3)c1. The van der Waals surface area contributed by atoms with Crippen LogP contribution < -0.4 is 15.4 Å². The van der Waals surface area contributed by atoms with Crippen molar-refractivity contribution in [3.05, 3.63) is 72.3 Å². The lowest BCUT2D eigenvalue weighted by molar-refractivity contribution is -0.218. The summed E-state index contributed by atoms with van der Waals surface area (Å²) in [5, 5.41) is 14.7. The van der Waals surface area contributed by atoms with E-state index < -0.39 is 5.79 Å². The fourth-order valence-electron chi connectivity index (χ4n) is 4.75. The van der Waals surface area contributed by atoms with Gasteiger partial charge in [-0.15, -0.1) is 5.10 Å². The Labute approximate surface area is 203 Å². The number of ether oxygens (including phenoxy) is 2. The van der Waals surface area contributed by atoms with Gasteiger partial charge < -0.3 is 20.1 Å². The number of carbonyl (C=O) groups is 1. The Morgan fingerprint density at radius 3 is 2.80 bits per heavy atom. The minimum absolute atomic E-state index is 0.0683. The van der Waals surface area contributed by atoms with Gasteiger partial charge in [-0.3, -0.25) is 4.79 Å². The van der Waals surface area contributed by atoms with Gasteiger partial charge in [0, 0.05) is 43.6 Å². The third kappa shape index (κ3) is 4.50. The molecule has 1 fully saturated rings. The second-order valence-electron chi connectivity index (χ2n) is 9.05. The second-order valence-corrected chi connectivity index (χ2v) is 9.05. The van der Waals surface area contributed by atoms with E-state index in [2.05, 4.69) is 33.1 Å². The maximum atomic E-state index is 12.6. The predicted molar refractivity (Wildman–Crippen MR) is 133 cm³/mol. The van der Waals surface area contributed by atoms with Crippen LogP contribution in [0.5, 0.6) is 5.75 Å². The molecule has 1 spiro atoms. The van der Waals surface area contributed by atoms with E-state index in [0.717, 1.165) is 65.1 Å². The first-order valence-electron chi connectivity index (χ1n) is 12.0. The molecule has 8 heteroatoms. The van der Waals surface area contributed by atoms with Crippen molar-refractivity contribution in [3.63, 3.8) is 0 Å². The molecule has 8 nitrogen and oxygen atoms in total. The van der Waals surface area contributed by atoms with Crippen LogP contribution in [0, 0.1) is 0 Å². The number of hydrogen-bond acceptors (Lipinski definition) is 6. The number of para-hydroxylation sites is 1. The zero-order chi connectivity index (χ0) is 23.7. The van der Waals surface area contributed by atoms with Crippen molar-refractivity contribution < 1.29 is 14.3 Å². The topological polar surface area (TPSA) is 90.3 Å². The average molecular weight is 470 g/mol. The molecule has 2 aliphatic heterocycles. The van der Waals surface area contributed by atoms with Crippen LogP contribution in [0.25, 0.3) is 22.2 Å². The predicted octanol–water partition coefficient (Wildman–Crippen LogP) is 4.12. The van der Waals surface area contributed by atoms with E-state index >= 15 is 0 Å². The number of aryl methyl sites for hydroxylation is 1. The van der Waals surface area contributed by atoms with Crippen molar-refractivity contribution in [1.82, 2.24) is 20.3 Å². The summed E-state index contributed by atoms with van der Waals surface area (Å²) < 4.78 is 14.2. The van der Waals surface area contributed by atoms with Gasteiger partial charge in [0.25, 0.3) is 0 Å². The van der Waals surface area contributed by atoms with Crippen LogP contribution in [-0.2, 0) is 22.7 Å². The van der Waals surface area contributed by atoms with Crippen LogP contribution in [0.3, 0.4) is 0 Å². The summed E-state index contributed by atoms with van der Waals surface area (Å²) in [5.74, 6) is 0.330. The average Bonchev–Trinajstić information content (AvgIpc) is 3.31. The quantitative estimate of drug-likeness (QED) is 0.457. The highest BCUT2D eigenvalue weighted by Gasteiger charge is 2.38. The molecule has 1 saturated heterocycles. The Morgan fingerprint density at radius 1 is 1.03 bits per heavy atom. The van der Waals surface area contributed by atoms with E-state index in [1.54, 1.807) is 4.68 Å². The lowest BCUT2D eigenvalue weighted by Crippen LogP contribution is -2.49. The first kappa shape index (κ1) is 21.8. The molecule has 0 unspecified atom stereocenters. The summed E-state index contributed by atoms with van der Waals surface area (Å²) in [6, 6.07) is 21.8. The van der Waals surface area contributed by atoms with E-state index in [1.807, 2.05) is 54.6 Å². The molecule has 1 amide bonds. The second kappa shape index (κ2) is 9.13. The summed E-state index contributed by atoms with van der Waals surface area (Å²) in [4.78, 5) is 12.6. The molecule has 6 rings (SSSR count). The number of anilines is 1. The molecule has 35 heavy (non-hydrogen) atoms. The van der Waals surface area contributed by atoms with Crippen molar-refractivity contribution in [2.75, 3.05) is 18.4 Å². The molecule has 0 atom stereocenters. The Hall–Kier alpha value is -3.75. The van der Waals surface area contributed by atoms with E-state index in [4.69, 9.17) is 9.47 Å². The summed E-state index contributed by atoms with van der Waals surface area (Å²) in [6.07, 6.45) is 2.01. The largest absolute Gasteiger partial charge is 0.462 e. The molecule has 2 N–H and O–H groups in total. The van der Waals surface area contributed by atoms with Gasteiger partial charge in [0.2, 0.25) is 11.7 Å². The number of carbonyl (C=O) groups excluding carboxylic acids is 1. The number of rotatable bonds is 5. The lowest BCUT2D eigenvalue weighted by Gasteiger charge is -2.41. The minimum Gasteiger partial charge on any atom is -0.462 e. The van der Waals surface area contributed by atoms with E-state index in [1.165, 1.54) is 0 Å². The van der Waals surface area contributed by atoms with E-state index in [9.17, 15) is 4.79 Å². The molecule has 2 aliphatic rings. The molecule has 0 bridgehead atoms. The van der Waals surface area contributed by atoms with Crippen molar-refractivity contribution >= 4 is 22.6 Å². The molecule has 1 aromatic heterocycles. The van der Waals surface area contributed by atoms with Gasteiger partial charge in [0.1, 0.15) is 11.3 Å². The first-order chi connectivity index (χ1) is 17.2. The van der Waals surface area contributed by atoms with Crippen molar-refractivity contribution in [1.29, 1.82) is 0 Å². The molecule has 3 aromatic carbocycles. The Morgan fingerprint density at radius 2 is 1.89 bits per heavy atom. The fraction of sp³-hybridized carbons (Fsp3) is 0.296. The van der Waals surface area contributed by atoms with Crippen molar-refractivity contribution in [3.8, 4) is 16.9 Å². The number of amides is 1. The van der Waals surface area contributed by atoms with Gasteiger partial charge in [-0.05, 0) is 47.5 Å². The summed E-state index contributed by atoms with van der Waals surface area (Å²) in [7, 11) is 0. The molecular weight excluding hydrogens is 442 g/mol. The molecule has 0 radical (unpaired) electrons. The maximum Gasteiger partial charge on any atom is 0.226 e. The van der Waals surface area contributed by atoms with Gasteiger partial charge in [-0.25, -0.2) is 4.68 Å². The number of benzene rings is 3. The molecule has 0 aliphatic carbocycles. The summed E-state index contributed by atoms with van der Waals surface area (Å²) >= 11 is 0. The van der Waals surface area contributed by atoms with Crippen LogP contribution >= 0.6 is 0 Å². The molecule has 4 aromatic rings. The summed E-state index contributed by atoms with van der Waals surface area (Å²) in [5.41, 5.74) is 5.63. The molecule has 178 valence electrons. The van der Waals surface area contributed by atoms with Crippen molar-refractivity contribution in [2.45, 2.75) is 38.2 Å².